The van der Waals surface area contributed by atoms with Crippen LogP contribution in [0.4, 0.5) is 5.69 Å². The molecule has 1 rings (SSSR count). The third kappa shape index (κ3) is 4.16. The van der Waals surface area contributed by atoms with Gasteiger partial charge in [-0.05, 0) is 24.6 Å². The predicted octanol–water partition coefficient (Wildman–Crippen LogP) is 2.27. The van der Waals surface area contributed by atoms with Crippen LogP contribution in [-0.2, 0) is 4.79 Å². The molecule has 0 atom stereocenters. The smallest absolute Gasteiger partial charge is 0.186 e. The first-order chi connectivity index (χ1) is 7.09. The average molecular weight is 222 g/mol. The Labute approximate surface area is 93.8 Å². The second-order valence-corrected chi connectivity index (χ2v) is 4.39. The number of hydrogen-bond acceptors (Lipinski definition) is 4. The molecule has 0 spiro atoms. The molecule has 0 fully saturated rings. The molecule has 0 aliphatic carbocycles. The summed E-state index contributed by atoms with van der Waals surface area (Å²) in [6.07, 6.45) is 5.50. The van der Waals surface area contributed by atoms with Gasteiger partial charge in [0.2, 0.25) is 0 Å². The SMILES string of the molecule is CC(=O)SCC=Cc1ncc(C)cc1N. The fraction of sp³-hybridized carbons (Fsp3) is 0.273. The van der Waals surface area contributed by atoms with E-state index in [4.69, 9.17) is 5.73 Å². The number of rotatable bonds is 3. The van der Waals surface area contributed by atoms with Crippen molar-refractivity contribution in [1.82, 2.24) is 4.98 Å². The maximum atomic E-state index is 10.7. The molecule has 4 heteroatoms. The van der Waals surface area contributed by atoms with Crippen molar-refractivity contribution >= 4 is 28.6 Å². The van der Waals surface area contributed by atoms with Crippen LogP contribution in [0.15, 0.2) is 18.3 Å². The van der Waals surface area contributed by atoms with E-state index in [1.165, 1.54) is 11.8 Å². The highest BCUT2D eigenvalue weighted by Crippen LogP contribution is 2.12. The molecule has 0 amide bonds. The molecule has 1 aromatic heterocycles. The van der Waals surface area contributed by atoms with E-state index in [1.807, 2.05) is 25.1 Å². The first-order valence-corrected chi connectivity index (χ1v) is 5.60. The molecule has 0 bridgehead atoms. The summed E-state index contributed by atoms with van der Waals surface area (Å²) >= 11 is 1.27. The van der Waals surface area contributed by atoms with E-state index >= 15 is 0 Å². The zero-order valence-electron chi connectivity index (χ0n) is 8.86. The molecule has 3 nitrogen and oxygen atoms in total. The summed E-state index contributed by atoms with van der Waals surface area (Å²) in [5, 5.41) is 0.115. The summed E-state index contributed by atoms with van der Waals surface area (Å²) in [5.74, 6) is 0.657. The quantitative estimate of drug-likeness (QED) is 0.852. The zero-order chi connectivity index (χ0) is 11.3. The molecule has 0 saturated carbocycles. The van der Waals surface area contributed by atoms with Crippen LogP contribution >= 0.6 is 11.8 Å². The second kappa shape index (κ2) is 5.56. The third-order valence-corrected chi connectivity index (χ3v) is 2.51. The van der Waals surface area contributed by atoms with Crippen LogP contribution in [0.2, 0.25) is 0 Å². The van der Waals surface area contributed by atoms with Crippen LogP contribution in [-0.4, -0.2) is 15.9 Å². The van der Waals surface area contributed by atoms with Crippen molar-refractivity contribution in [1.29, 1.82) is 0 Å². The van der Waals surface area contributed by atoms with Gasteiger partial charge in [-0.3, -0.25) is 9.78 Å². The predicted molar refractivity (Wildman–Crippen MR) is 65.6 cm³/mol. The summed E-state index contributed by atoms with van der Waals surface area (Å²) < 4.78 is 0. The molecular weight excluding hydrogens is 208 g/mol. The number of aryl methyl sites for hydroxylation is 1. The van der Waals surface area contributed by atoms with E-state index in [2.05, 4.69) is 4.98 Å². The average Bonchev–Trinajstić information content (AvgIpc) is 2.14. The number of nitrogen functional groups attached to an aromatic ring is 1. The van der Waals surface area contributed by atoms with Crippen molar-refractivity contribution in [2.75, 3.05) is 11.5 Å². The number of nitrogens with zero attached hydrogens (tertiary/aromatic N) is 1. The number of nitrogens with two attached hydrogens (primary N) is 1. The van der Waals surface area contributed by atoms with Gasteiger partial charge < -0.3 is 5.73 Å². The van der Waals surface area contributed by atoms with Crippen LogP contribution < -0.4 is 5.73 Å². The van der Waals surface area contributed by atoms with E-state index in [0.29, 0.717) is 11.4 Å². The lowest BCUT2D eigenvalue weighted by Crippen LogP contribution is -1.93. The van der Waals surface area contributed by atoms with Crippen molar-refractivity contribution in [3.8, 4) is 0 Å². The maximum Gasteiger partial charge on any atom is 0.186 e. The molecule has 15 heavy (non-hydrogen) atoms. The molecule has 0 aliphatic rings. The maximum absolute atomic E-state index is 10.7. The molecule has 1 aromatic rings. The minimum atomic E-state index is 0.115. The number of carbonyl (C=O) groups is 1. The highest BCUT2D eigenvalue weighted by atomic mass is 32.2. The molecule has 0 aliphatic heterocycles. The van der Waals surface area contributed by atoms with Gasteiger partial charge in [0.1, 0.15) is 0 Å². The largest absolute Gasteiger partial charge is 0.397 e. The number of anilines is 1. The van der Waals surface area contributed by atoms with E-state index in [-0.39, 0.29) is 5.12 Å². The summed E-state index contributed by atoms with van der Waals surface area (Å²) in [6, 6.07) is 1.88. The highest BCUT2D eigenvalue weighted by molar-refractivity contribution is 8.13. The number of carbonyl (C=O) groups excluding carboxylic acids is 1. The number of hydrogen-bond donors (Lipinski definition) is 1. The summed E-state index contributed by atoms with van der Waals surface area (Å²) in [6.45, 7) is 3.50. The van der Waals surface area contributed by atoms with Crippen LogP contribution in [0.1, 0.15) is 18.2 Å². The van der Waals surface area contributed by atoms with Crippen LogP contribution in [0, 0.1) is 6.92 Å². The first-order valence-electron chi connectivity index (χ1n) is 4.61. The van der Waals surface area contributed by atoms with Gasteiger partial charge in [-0.15, -0.1) is 0 Å². The lowest BCUT2D eigenvalue weighted by atomic mass is 10.2. The van der Waals surface area contributed by atoms with Crippen molar-refractivity contribution in [3.63, 3.8) is 0 Å². The van der Waals surface area contributed by atoms with E-state index in [0.717, 1.165) is 11.3 Å². The Hall–Kier alpha value is -1.29. The van der Waals surface area contributed by atoms with Crippen molar-refractivity contribution in [2.24, 2.45) is 0 Å². The molecule has 0 aromatic carbocycles. The van der Waals surface area contributed by atoms with Gasteiger partial charge >= 0.3 is 0 Å². The molecule has 2 N–H and O–H groups in total. The molecular formula is C11H14N2OS. The van der Waals surface area contributed by atoms with Crippen LogP contribution in [0.3, 0.4) is 0 Å². The van der Waals surface area contributed by atoms with Crippen molar-refractivity contribution < 1.29 is 4.79 Å². The lowest BCUT2D eigenvalue weighted by molar-refractivity contribution is -0.109. The standard InChI is InChI=1S/C11H14N2OS/c1-8-6-10(12)11(13-7-8)4-3-5-15-9(2)14/h3-4,6-7H,5,12H2,1-2H3. The minimum Gasteiger partial charge on any atom is -0.397 e. The van der Waals surface area contributed by atoms with Gasteiger partial charge in [0.25, 0.3) is 0 Å². The molecule has 0 radical (unpaired) electrons. The lowest BCUT2D eigenvalue weighted by Gasteiger charge is -1.99. The number of thioether (sulfide) groups is 1. The Morgan fingerprint density at radius 2 is 2.40 bits per heavy atom. The Kier molecular flexibility index (Phi) is 4.37. The topological polar surface area (TPSA) is 56.0 Å². The number of pyridine rings is 1. The molecule has 1 heterocycles. The van der Waals surface area contributed by atoms with Gasteiger partial charge in [-0.1, -0.05) is 17.8 Å². The van der Waals surface area contributed by atoms with Gasteiger partial charge in [-0.25, -0.2) is 0 Å². The Balaban J connectivity index is 2.60. The van der Waals surface area contributed by atoms with Gasteiger partial charge in [0.15, 0.2) is 5.12 Å². The minimum absolute atomic E-state index is 0.115. The van der Waals surface area contributed by atoms with Gasteiger partial charge in [0, 0.05) is 18.9 Å². The van der Waals surface area contributed by atoms with Crippen molar-refractivity contribution in [3.05, 3.63) is 29.6 Å². The van der Waals surface area contributed by atoms with E-state index in [1.54, 1.807) is 13.1 Å². The second-order valence-electron chi connectivity index (χ2n) is 3.19. The van der Waals surface area contributed by atoms with E-state index < -0.39 is 0 Å². The van der Waals surface area contributed by atoms with Gasteiger partial charge in [-0.2, -0.15) is 0 Å². The molecule has 80 valence electrons. The van der Waals surface area contributed by atoms with E-state index in [9.17, 15) is 4.79 Å². The summed E-state index contributed by atoms with van der Waals surface area (Å²) in [4.78, 5) is 14.8. The third-order valence-electron chi connectivity index (χ3n) is 1.74. The Morgan fingerprint density at radius 1 is 1.67 bits per heavy atom. The monoisotopic (exact) mass is 222 g/mol. The highest BCUT2D eigenvalue weighted by Gasteiger charge is 1.96. The Bertz CT molecular complexity index is 388. The summed E-state index contributed by atoms with van der Waals surface area (Å²) in [5.41, 5.74) is 8.24. The molecule has 0 saturated heterocycles. The zero-order valence-corrected chi connectivity index (χ0v) is 9.67. The fourth-order valence-corrected chi connectivity index (χ4v) is 1.49. The molecule has 0 unspecified atom stereocenters. The normalized spacial score (nSPS) is 10.8. The first kappa shape index (κ1) is 11.8. The van der Waals surface area contributed by atoms with Crippen molar-refractivity contribution in [2.45, 2.75) is 13.8 Å². The Morgan fingerprint density at radius 3 is 3.00 bits per heavy atom. The number of aromatic nitrogens is 1. The van der Waals surface area contributed by atoms with Gasteiger partial charge in [0.05, 0.1) is 11.4 Å². The summed E-state index contributed by atoms with van der Waals surface area (Å²) in [7, 11) is 0. The fourth-order valence-electron chi connectivity index (χ4n) is 1.07. The van der Waals surface area contributed by atoms with Crippen LogP contribution in [0.25, 0.3) is 6.08 Å². The van der Waals surface area contributed by atoms with Crippen LogP contribution in [0.5, 0.6) is 0 Å².